The van der Waals surface area contributed by atoms with Crippen molar-refractivity contribution >= 4 is 12.0 Å². The Morgan fingerprint density at radius 2 is 2.14 bits per heavy atom. The molecule has 1 amide bonds. The van der Waals surface area contributed by atoms with Crippen molar-refractivity contribution in [2.24, 2.45) is 5.73 Å². The van der Waals surface area contributed by atoms with Crippen molar-refractivity contribution in [3.63, 3.8) is 0 Å². The van der Waals surface area contributed by atoms with Crippen LogP contribution in [-0.2, 0) is 4.79 Å². The van der Waals surface area contributed by atoms with Crippen LogP contribution < -0.4 is 5.73 Å². The highest BCUT2D eigenvalue weighted by Gasteiger charge is 2.03. The molecule has 0 saturated carbocycles. The molecule has 0 fully saturated rings. The van der Waals surface area contributed by atoms with Crippen LogP contribution in [0.15, 0.2) is 23.8 Å². The smallest absolute Gasteiger partial charge is 0.244 e. The van der Waals surface area contributed by atoms with E-state index < -0.39 is 5.91 Å². The van der Waals surface area contributed by atoms with Gasteiger partial charge in [-0.05, 0) is 25.5 Å². The standard InChI is InChI=1S/C11H13NO2/c1-7-4-3-5-9(10(7)13)6-8(2)11(12)14/h3-6,13H,1-2H3,(H2,12,14)/b8-6+. The van der Waals surface area contributed by atoms with Crippen LogP contribution in [0.1, 0.15) is 18.1 Å². The summed E-state index contributed by atoms with van der Waals surface area (Å²) in [7, 11) is 0. The number of carbonyl (C=O) groups is 1. The first-order valence-corrected chi connectivity index (χ1v) is 4.29. The summed E-state index contributed by atoms with van der Waals surface area (Å²) in [5.41, 5.74) is 6.89. The molecule has 0 aliphatic carbocycles. The molecule has 14 heavy (non-hydrogen) atoms. The lowest BCUT2D eigenvalue weighted by Gasteiger charge is -2.03. The Bertz CT molecular complexity index is 394. The Kier molecular flexibility index (Phi) is 2.92. The predicted octanol–water partition coefficient (Wildman–Crippen LogP) is 1.59. The fourth-order valence-corrected chi connectivity index (χ4v) is 1.10. The second-order valence-corrected chi connectivity index (χ2v) is 3.20. The van der Waals surface area contributed by atoms with Crippen molar-refractivity contribution in [1.29, 1.82) is 0 Å². The van der Waals surface area contributed by atoms with E-state index >= 15 is 0 Å². The van der Waals surface area contributed by atoms with Crippen LogP contribution in [0, 0.1) is 6.92 Å². The van der Waals surface area contributed by atoms with Gasteiger partial charge < -0.3 is 10.8 Å². The summed E-state index contributed by atoms with van der Waals surface area (Å²) in [5.74, 6) is -0.293. The lowest BCUT2D eigenvalue weighted by atomic mass is 10.1. The SMILES string of the molecule is C/C(=C\c1cccc(C)c1O)C(N)=O. The molecular weight excluding hydrogens is 178 g/mol. The molecule has 0 unspecified atom stereocenters. The maximum absolute atomic E-state index is 10.8. The number of amides is 1. The fraction of sp³-hybridized carbons (Fsp3) is 0.182. The van der Waals surface area contributed by atoms with Crippen molar-refractivity contribution in [3.05, 3.63) is 34.9 Å². The number of benzene rings is 1. The Hall–Kier alpha value is -1.77. The molecule has 0 atom stereocenters. The van der Waals surface area contributed by atoms with Crippen LogP contribution in [0.25, 0.3) is 6.08 Å². The average Bonchev–Trinajstić information content (AvgIpc) is 2.12. The Morgan fingerprint density at radius 3 is 2.71 bits per heavy atom. The quantitative estimate of drug-likeness (QED) is 0.697. The Balaban J connectivity index is 3.15. The minimum absolute atomic E-state index is 0.188. The third-order valence-electron chi connectivity index (χ3n) is 2.03. The third-order valence-corrected chi connectivity index (χ3v) is 2.03. The van der Waals surface area contributed by atoms with Crippen LogP contribution in [0.2, 0.25) is 0 Å². The number of primary amides is 1. The summed E-state index contributed by atoms with van der Waals surface area (Å²) in [6, 6.07) is 5.34. The fourth-order valence-electron chi connectivity index (χ4n) is 1.10. The van der Waals surface area contributed by atoms with E-state index in [2.05, 4.69) is 0 Å². The van der Waals surface area contributed by atoms with Gasteiger partial charge in [0.15, 0.2) is 0 Å². The predicted molar refractivity (Wildman–Crippen MR) is 55.7 cm³/mol. The van der Waals surface area contributed by atoms with Gasteiger partial charge in [-0.25, -0.2) is 0 Å². The van der Waals surface area contributed by atoms with E-state index in [0.29, 0.717) is 11.1 Å². The van der Waals surface area contributed by atoms with E-state index in [4.69, 9.17) is 5.73 Å². The minimum Gasteiger partial charge on any atom is -0.507 e. The highest BCUT2D eigenvalue weighted by Crippen LogP contribution is 2.23. The topological polar surface area (TPSA) is 63.3 Å². The highest BCUT2D eigenvalue weighted by atomic mass is 16.3. The molecule has 0 saturated heterocycles. The van der Waals surface area contributed by atoms with Gasteiger partial charge in [-0.1, -0.05) is 18.2 Å². The first-order valence-electron chi connectivity index (χ1n) is 4.29. The van der Waals surface area contributed by atoms with Gasteiger partial charge in [0.1, 0.15) is 5.75 Å². The molecule has 1 aromatic rings. The highest BCUT2D eigenvalue weighted by molar-refractivity contribution is 5.96. The molecule has 74 valence electrons. The zero-order valence-corrected chi connectivity index (χ0v) is 8.24. The van der Waals surface area contributed by atoms with E-state index in [0.717, 1.165) is 5.56 Å². The average molecular weight is 191 g/mol. The zero-order valence-electron chi connectivity index (χ0n) is 8.24. The number of phenols is 1. The van der Waals surface area contributed by atoms with Gasteiger partial charge in [-0.15, -0.1) is 0 Å². The first kappa shape index (κ1) is 10.3. The van der Waals surface area contributed by atoms with Crippen molar-refractivity contribution in [1.82, 2.24) is 0 Å². The summed E-state index contributed by atoms with van der Waals surface area (Å²) in [6.07, 6.45) is 1.57. The van der Waals surface area contributed by atoms with E-state index in [1.807, 2.05) is 6.07 Å². The third kappa shape index (κ3) is 2.13. The molecule has 0 spiro atoms. The van der Waals surface area contributed by atoms with Crippen molar-refractivity contribution in [3.8, 4) is 5.75 Å². The molecule has 0 radical (unpaired) electrons. The summed E-state index contributed by atoms with van der Waals surface area (Å²) in [4.78, 5) is 10.8. The number of aromatic hydroxyl groups is 1. The molecular formula is C11H13NO2. The van der Waals surface area contributed by atoms with Crippen LogP contribution in [0.4, 0.5) is 0 Å². The summed E-state index contributed by atoms with van der Waals surface area (Å²) in [6.45, 7) is 3.41. The van der Waals surface area contributed by atoms with Gasteiger partial charge in [0, 0.05) is 11.1 Å². The van der Waals surface area contributed by atoms with Crippen LogP contribution in [0.5, 0.6) is 5.75 Å². The lowest BCUT2D eigenvalue weighted by molar-refractivity contribution is -0.114. The number of hydrogen-bond donors (Lipinski definition) is 2. The maximum Gasteiger partial charge on any atom is 0.244 e. The van der Waals surface area contributed by atoms with Crippen LogP contribution in [-0.4, -0.2) is 11.0 Å². The van der Waals surface area contributed by atoms with E-state index in [1.54, 1.807) is 32.1 Å². The Morgan fingerprint density at radius 1 is 1.50 bits per heavy atom. The molecule has 0 bridgehead atoms. The summed E-state index contributed by atoms with van der Waals surface area (Å²) < 4.78 is 0. The lowest BCUT2D eigenvalue weighted by Crippen LogP contribution is -2.11. The van der Waals surface area contributed by atoms with Crippen molar-refractivity contribution in [2.75, 3.05) is 0 Å². The number of carbonyl (C=O) groups excluding carboxylic acids is 1. The van der Waals surface area contributed by atoms with E-state index in [1.165, 1.54) is 0 Å². The van der Waals surface area contributed by atoms with Gasteiger partial charge in [0.05, 0.1) is 0 Å². The molecule has 3 nitrogen and oxygen atoms in total. The number of hydrogen-bond acceptors (Lipinski definition) is 2. The number of phenolic OH excluding ortho intramolecular Hbond substituents is 1. The van der Waals surface area contributed by atoms with Gasteiger partial charge in [-0.3, -0.25) is 4.79 Å². The van der Waals surface area contributed by atoms with Gasteiger partial charge in [0.2, 0.25) is 5.91 Å². The molecule has 0 aromatic heterocycles. The largest absolute Gasteiger partial charge is 0.507 e. The normalized spacial score (nSPS) is 11.4. The van der Waals surface area contributed by atoms with Crippen molar-refractivity contribution < 1.29 is 9.90 Å². The number of para-hydroxylation sites is 1. The van der Waals surface area contributed by atoms with Crippen molar-refractivity contribution in [2.45, 2.75) is 13.8 Å². The molecule has 3 heteroatoms. The molecule has 0 heterocycles. The molecule has 0 aliphatic heterocycles. The number of rotatable bonds is 2. The van der Waals surface area contributed by atoms with Gasteiger partial charge in [-0.2, -0.15) is 0 Å². The summed E-state index contributed by atoms with van der Waals surface area (Å²) in [5, 5.41) is 9.63. The number of aryl methyl sites for hydroxylation is 1. The van der Waals surface area contributed by atoms with Gasteiger partial charge in [0.25, 0.3) is 0 Å². The van der Waals surface area contributed by atoms with Crippen LogP contribution >= 0.6 is 0 Å². The molecule has 1 rings (SSSR count). The number of nitrogens with two attached hydrogens (primary N) is 1. The Labute approximate surface area is 82.9 Å². The molecule has 0 aliphatic rings. The van der Waals surface area contributed by atoms with Gasteiger partial charge >= 0.3 is 0 Å². The minimum atomic E-state index is -0.481. The zero-order chi connectivity index (χ0) is 10.7. The molecule has 1 aromatic carbocycles. The summed E-state index contributed by atoms with van der Waals surface area (Å²) >= 11 is 0. The first-order chi connectivity index (χ1) is 6.52. The van der Waals surface area contributed by atoms with Crippen LogP contribution in [0.3, 0.4) is 0 Å². The van der Waals surface area contributed by atoms with E-state index in [-0.39, 0.29) is 5.75 Å². The maximum atomic E-state index is 10.8. The second kappa shape index (κ2) is 3.96. The molecule has 3 N–H and O–H groups in total. The second-order valence-electron chi connectivity index (χ2n) is 3.20. The monoisotopic (exact) mass is 191 g/mol. The van der Waals surface area contributed by atoms with E-state index in [9.17, 15) is 9.90 Å².